The van der Waals surface area contributed by atoms with Crippen molar-refractivity contribution in [2.45, 2.75) is 6.92 Å². The summed E-state index contributed by atoms with van der Waals surface area (Å²) in [7, 11) is 4.01. The molecule has 3 aromatic carbocycles. The van der Waals surface area contributed by atoms with Crippen LogP contribution in [-0.2, 0) is 0 Å². The smallest absolute Gasteiger partial charge is 0.198 e. The van der Waals surface area contributed by atoms with E-state index in [1.165, 1.54) is 0 Å². The zero-order chi connectivity index (χ0) is 21.1. The number of carbonyl (C=O) groups excluding carboxylic acids is 1. The van der Waals surface area contributed by atoms with Crippen LogP contribution in [0.5, 0.6) is 0 Å². The Kier molecular flexibility index (Phi) is 5.35. The number of hydrogen-bond acceptors (Lipinski definition) is 4. The number of nitrogens with one attached hydrogen (secondary N) is 1. The highest BCUT2D eigenvalue weighted by atomic mass is 16.1. The zero-order valence-corrected chi connectivity index (χ0v) is 17.3. The fraction of sp³-hybridized carbons (Fsp3) is 0.120. The molecule has 1 aromatic heterocycles. The summed E-state index contributed by atoms with van der Waals surface area (Å²) in [6, 6.07) is 27.2. The predicted molar refractivity (Wildman–Crippen MR) is 122 cm³/mol. The van der Waals surface area contributed by atoms with E-state index in [9.17, 15) is 4.79 Å². The van der Waals surface area contributed by atoms with Gasteiger partial charge in [0.05, 0.1) is 16.9 Å². The number of anilines is 3. The molecule has 0 fully saturated rings. The molecule has 5 heteroatoms. The first-order valence-electron chi connectivity index (χ1n) is 9.84. The van der Waals surface area contributed by atoms with Crippen LogP contribution in [-0.4, -0.2) is 29.7 Å². The van der Waals surface area contributed by atoms with Gasteiger partial charge < -0.3 is 10.2 Å². The van der Waals surface area contributed by atoms with Crippen LogP contribution in [0.3, 0.4) is 0 Å². The maximum absolute atomic E-state index is 13.4. The highest BCUT2D eigenvalue weighted by Gasteiger charge is 2.23. The molecule has 0 atom stereocenters. The molecular formula is C25H24N4O. The molecule has 0 aliphatic rings. The van der Waals surface area contributed by atoms with Gasteiger partial charge in [0.15, 0.2) is 5.78 Å². The predicted octanol–water partition coefficient (Wildman–Crippen LogP) is 5.22. The van der Waals surface area contributed by atoms with Crippen LogP contribution in [0, 0.1) is 6.92 Å². The molecule has 0 radical (unpaired) electrons. The van der Waals surface area contributed by atoms with Crippen molar-refractivity contribution in [3.63, 3.8) is 0 Å². The molecule has 30 heavy (non-hydrogen) atoms. The summed E-state index contributed by atoms with van der Waals surface area (Å²) >= 11 is 0. The molecule has 1 N–H and O–H groups in total. The molecule has 0 spiro atoms. The van der Waals surface area contributed by atoms with Crippen molar-refractivity contribution in [3.8, 4) is 5.69 Å². The lowest BCUT2D eigenvalue weighted by atomic mass is 10.0. The van der Waals surface area contributed by atoms with E-state index in [1.807, 2.05) is 111 Å². The number of carbonyl (C=O) groups is 1. The Labute approximate surface area is 176 Å². The van der Waals surface area contributed by atoms with E-state index in [0.717, 1.165) is 17.1 Å². The fourth-order valence-electron chi connectivity index (χ4n) is 3.38. The van der Waals surface area contributed by atoms with Crippen LogP contribution in [0.4, 0.5) is 17.2 Å². The lowest BCUT2D eigenvalue weighted by molar-refractivity contribution is 0.103. The molecule has 5 nitrogen and oxygen atoms in total. The first-order chi connectivity index (χ1) is 14.5. The molecule has 4 rings (SSSR count). The molecule has 0 saturated heterocycles. The Hall–Kier alpha value is -3.86. The van der Waals surface area contributed by atoms with Crippen molar-refractivity contribution in [1.29, 1.82) is 0 Å². The summed E-state index contributed by atoms with van der Waals surface area (Å²) in [4.78, 5) is 15.4. The summed E-state index contributed by atoms with van der Waals surface area (Å²) in [6.45, 7) is 1.87. The zero-order valence-electron chi connectivity index (χ0n) is 17.3. The molecule has 0 aliphatic carbocycles. The number of hydrogen-bond donors (Lipinski definition) is 1. The van der Waals surface area contributed by atoms with Gasteiger partial charge >= 0.3 is 0 Å². The largest absolute Gasteiger partial charge is 0.378 e. The second-order valence-corrected chi connectivity index (χ2v) is 7.32. The maximum atomic E-state index is 13.4. The quantitative estimate of drug-likeness (QED) is 0.454. The van der Waals surface area contributed by atoms with E-state index in [4.69, 9.17) is 5.10 Å². The molecule has 0 amide bonds. The van der Waals surface area contributed by atoms with E-state index in [1.54, 1.807) is 4.68 Å². The highest BCUT2D eigenvalue weighted by molar-refractivity contribution is 6.13. The van der Waals surface area contributed by atoms with Gasteiger partial charge in [0.2, 0.25) is 0 Å². The maximum Gasteiger partial charge on any atom is 0.198 e. The number of ketones is 1. The van der Waals surface area contributed by atoms with Crippen molar-refractivity contribution < 1.29 is 4.79 Å². The molecule has 150 valence electrons. The first-order valence-corrected chi connectivity index (χ1v) is 9.84. The molecule has 0 aliphatic heterocycles. The third-order valence-corrected chi connectivity index (χ3v) is 4.97. The number of aryl methyl sites for hydroxylation is 1. The summed E-state index contributed by atoms with van der Waals surface area (Å²) < 4.78 is 1.80. The average molecular weight is 396 g/mol. The summed E-state index contributed by atoms with van der Waals surface area (Å²) in [5, 5.41) is 8.13. The van der Waals surface area contributed by atoms with Crippen molar-refractivity contribution >= 4 is 23.0 Å². The van der Waals surface area contributed by atoms with Crippen LogP contribution < -0.4 is 10.2 Å². The normalized spacial score (nSPS) is 10.6. The van der Waals surface area contributed by atoms with E-state index in [2.05, 4.69) is 5.32 Å². The third kappa shape index (κ3) is 3.82. The number of benzene rings is 3. The summed E-state index contributed by atoms with van der Waals surface area (Å²) in [6.07, 6.45) is 0. The molecule has 4 aromatic rings. The van der Waals surface area contributed by atoms with Crippen molar-refractivity contribution in [3.05, 3.63) is 102 Å². The SMILES string of the molecule is Cc1nn(-c2ccccc2)c(Nc2ccc(N(C)C)cc2)c1C(=O)c1ccccc1. The van der Waals surface area contributed by atoms with Gasteiger partial charge in [-0.25, -0.2) is 4.68 Å². The molecule has 1 heterocycles. The van der Waals surface area contributed by atoms with Crippen LogP contribution in [0.15, 0.2) is 84.9 Å². The van der Waals surface area contributed by atoms with Crippen LogP contribution >= 0.6 is 0 Å². The van der Waals surface area contributed by atoms with Crippen LogP contribution in [0.1, 0.15) is 21.6 Å². The van der Waals surface area contributed by atoms with E-state index < -0.39 is 0 Å². The van der Waals surface area contributed by atoms with Gasteiger partial charge in [-0.2, -0.15) is 5.10 Å². The van der Waals surface area contributed by atoms with Crippen LogP contribution in [0.2, 0.25) is 0 Å². The minimum atomic E-state index is -0.0531. The fourth-order valence-corrected chi connectivity index (χ4v) is 3.38. The third-order valence-electron chi connectivity index (χ3n) is 4.97. The van der Waals surface area contributed by atoms with E-state index >= 15 is 0 Å². The van der Waals surface area contributed by atoms with Crippen molar-refractivity contribution in [2.24, 2.45) is 0 Å². The summed E-state index contributed by atoms with van der Waals surface area (Å²) in [5.41, 5.74) is 4.77. The van der Waals surface area contributed by atoms with Crippen molar-refractivity contribution in [1.82, 2.24) is 9.78 Å². The second-order valence-electron chi connectivity index (χ2n) is 7.32. The molecule has 0 unspecified atom stereocenters. The topological polar surface area (TPSA) is 50.2 Å². The highest BCUT2D eigenvalue weighted by Crippen LogP contribution is 2.29. The van der Waals surface area contributed by atoms with Crippen LogP contribution in [0.25, 0.3) is 5.69 Å². The summed E-state index contributed by atoms with van der Waals surface area (Å²) in [5.74, 6) is 0.604. The first kappa shape index (κ1) is 19.5. The Bertz CT molecular complexity index is 1150. The van der Waals surface area contributed by atoms with E-state index in [0.29, 0.717) is 22.6 Å². The number of rotatable bonds is 6. The Balaban J connectivity index is 1.82. The van der Waals surface area contributed by atoms with Gasteiger partial charge in [0.1, 0.15) is 5.82 Å². The Morgan fingerprint density at radius 2 is 1.47 bits per heavy atom. The van der Waals surface area contributed by atoms with Gasteiger partial charge in [-0.1, -0.05) is 48.5 Å². The molecule has 0 saturated carbocycles. The number of para-hydroxylation sites is 1. The molecular weight excluding hydrogens is 372 g/mol. The minimum Gasteiger partial charge on any atom is -0.378 e. The molecule has 0 bridgehead atoms. The van der Waals surface area contributed by atoms with Crippen molar-refractivity contribution in [2.75, 3.05) is 24.3 Å². The lowest BCUT2D eigenvalue weighted by Gasteiger charge is -2.15. The van der Waals surface area contributed by atoms with E-state index in [-0.39, 0.29) is 5.78 Å². The standard InChI is InChI=1S/C25H24N4O/c1-18-23(24(30)19-10-6-4-7-11-19)25(29(27-18)22-12-8-5-9-13-22)26-20-14-16-21(17-15-20)28(2)3/h4-17,26H,1-3H3. The van der Waals surface area contributed by atoms with Gasteiger partial charge in [-0.05, 0) is 43.3 Å². The minimum absolute atomic E-state index is 0.0531. The van der Waals surface area contributed by atoms with Gasteiger partial charge in [0, 0.05) is 31.0 Å². The number of aromatic nitrogens is 2. The van der Waals surface area contributed by atoms with Gasteiger partial charge in [0.25, 0.3) is 0 Å². The Morgan fingerprint density at radius 3 is 2.07 bits per heavy atom. The number of nitrogens with zero attached hydrogens (tertiary/aromatic N) is 3. The lowest BCUT2D eigenvalue weighted by Crippen LogP contribution is -2.09. The van der Waals surface area contributed by atoms with Gasteiger partial charge in [-0.15, -0.1) is 0 Å². The van der Waals surface area contributed by atoms with Gasteiger partial charge in [-0.3, -0.25) is 4.79 Å². The average Bonchev–Trinajstić information content (AvgIpc) is 3.10. The monoisotopic (exact) mass is 396 g/mol. The second kappa shape index (κ2) is 8.25. The Morgan fingerprint density at radius 1 is 0.867 bits per heavy atom.